The number of benzene rings is 1. The second kappa shape index (κ2) is 8.12. The number of ether oxygens (including phenoxy) is 1. The minimum absolute atomic E-state index is 0.0661. The lowest BCUT2D eigenvalue weighted by Gasteiger charge is -2.19. The first kappa shape index (κ1) is 23.2. The van der Waals surface area contributed by atoms with Crippen molar-refractivity contribution >= 4 is 38.6 Å². The molecule has 0 spiro atoms. The van der Waals surface area contributed by atoms with Gasteiger partial charge in [0.15, 0.2) is 11.2 Å². The number of carboxylic acids is 1. The summed E-state index contributed by atoms with van der Waals surface area (Å²) < 4.78 is 35.9. The third kappa shape index (κ3) is 4.33. The smallest absolute Gasteiger partial charge is 0.307 e. The van der Waals surface area contributed by atoms with Crippen LogP contribution in [0.1, 0.15) is 47.8 Å². The Morgan fingerprint density at radius 2 is 2.03 bits per heavy atom. The van der Waals surface area contributed by atoms with Gasteiger partial charge in [-0.25, -0.2) is 18.5 Å². The van der Waals surface area contributed by atoms with Crippen LogP contribution in [0.3, 0.4) is 0 Å². The van der Waals surface area contributed by atoms with E-state index in [0.29, 0.717) is 28.7 Å². The molecule has 3 aromatic rings. The Morgan fingerprint density at radius 1 is 1.33 bits per heavy atom. The molecule has 9 nitrogen and oxygen atoms in total. The Bertz CT molecular complexity index is 1470. The molecule has 3 atom stereocenters. The van der Waals surface area contributed by atoms with Gasteiger partial charge < -0.3 is 14.3 Å². The van der Waals surface area contributed by atoms with Gasteiger partial charge in [0.2, 0.25) is 5.03 Å². The van der Waals surface area contributed by atoms with E-state index in [4.69, 9.17) is 25.9 Å². The third-order valence-corrected chi connectivity index (χ3v) is 6.72. The van der Waals surface area contributed by atoms with Crippen LogP contribution < -0.4 is 15.3 Å². The minimum atomic E-state index is -4.22. The Balaban J connectivity index is 1.84. The summed E-state index contributed by atoms with van der Waals surface area (Å²) in [4.78, 5) is 28.2. The van der Waals surface area contributed by atoms with Crippen molar-refractivity contribution in [3.05, 3.63) is 62.1 Å². The van der Waals surface area contributed by atoms with Crippen molar-refractivity contribution in [3.63, 3.8) is 0 Å². The molecule has 174 valence electrons. The topological polar surface area (TPSA) is 150 Å². The van der Waals surface area contributed by atoms with Gasteiger partial charge in [-0.05, 0) is 57.0 Å². The highest BCUT2D eigenvalue weighted by molar-refractivity contribution is 7.89. The molecule has 1 saturated carbocycles. The van der Waals surface area contributed by atoms with Crippen LogP contribution in [-0.2, 0) is 14.8 Å². The van der Waals surface area contributed by atoms with E-state index in [-0.39, 0.29) is 27.8 Å². The Hall–Kier alpha value is -2.95. The molecule has 1 aliphatic carbocycles. The first-order chi connectivity index (χ1) is 15.4. The summed E-state index contributed by atoms with van der Waals surface area (Å²) in [7, 11) is -4.22. The minimum Gasteiger partial charge on any atom is -0.483 e. The Morgan fingerprint density at radius 3 is 2.64 bits per heavy atom. The zero-order valence-electron chi connectivity index (χ0n) is 18.0. The van der Waals surface area contributed by atoms with E-state index in [2.05, 4.69) is 4.98 Å². The quantitative estimate of drug-likeness (QED) is 0.497. The van der Waals surface area contributed by atoms with Gasteiger partial charge in [0.05, 0.1) is 11.3 Å². The summed E-state index contributed by atoms with van der Waals surface area (Å²) in [6, 6.07) is 6.16. The molecule has 2 aromatic heterocycles. The van der Waals surface area contributed by atoms with Crippen LogP contribution in [0.2, 0.25) is 5.15 Å². The number of carbonyl (C=O) groups is 1. The van der Waals surface area contributed by atoms with Gasteiger partial charge in [-0.1, -0.05) is 11.6 Å². The fourth-order valence-corrected chi connectivity index (χ4v) is 4.77. The predicted molar refractivity (Wildman–Crippen MR) is 120 cm³/mol. The Kier molecular flexibility index (Phi) is 5.71. The van der Waals surface area contributed by atoms with Gasteiger partial charge in [-0.3, -0.25) is 9.59 Å². The number of fused-ring (bicyclic) bond motifs is 1. The highest BCUT2D eigenvalue weighted by atomic mass is 35.5. The maximum Gasteiger partial charge on any atom is 0.307 e. The number of carboxylic acid groups (broad SMARTS) is 1. The molecule has 1 aromatic carbocycles. The summed E-state index contributed by atoms with van der Waals surface area (Å²) >= 11 is 5.82. The number of rotatable bonds is 6. The number of aromatic nitrogens is 1. The maximum atomic E-state index is 13.1. The first-order valence-corrected chi connectivity index (χ1v) is 12.0. The zero-order valence-corrected chi connectivity index (χ0v) is 19.5. The van der Waals surface area contributed by atoms with E-state index in [0.717, 1.165) is 5.56 Å². The Labute approximate surface area is 194 Å². The van der Waals surface area contributed by atoms with Gasteiger partial charge in [0.25, 0.3) is 10.0 Å². The number of aryl methyl sites for hydroxylation is 1. The average Bonchev–Trinajstić information content (AvgIpc) is 3.52. The number of aliphatic carboxylic acids is 1. The predicted octanol–water partition coefficient (Wildman–Crippen LogP) is 3.43. The van der Waals surface area contributed by atoms with Gasteiger partial charge in [0.1, 0.15) is 22.6 Å². The molecule has 2 heterocycles. The summed E-state index contributed by atoms with van der Waals surface area (Å²) in [6.07, 6.45) is -0.379. The lowest BCUT2D eigenvalue weighted by atomic mass is 10.0. The standard InChI is InChI=1S/C22H21ClN2O7S/c1-9-6-12(11(3)31-16-4-5-17(23)25-21(16)33(24,29)30)20-15(7-9)18(26)10(2)19(32-20)13-8-14(13)22(27)28/h4-7,11,13-14H,8H2,1-3H3,(H,27,28)(H2,24,29,30)/t11-,13?,14?/m1/s1. The number of pyridine rings is 1. The fraction of sp³-hybridized carbons (Fsp3) is 0.318. The SMILES string of the molecule is Cc1cc([C@@H](C)Oc2ccc(Cl)nc2S(N)(=O)=O)c2oc(C3CC3C(=O)O)c(C)c(=O)c2c1. The second-order valence-corrected chi connectivity index (χ2v) is 10.0. The number of sulfonamides is 1. The van der Waals surface area contributed by atoms with Crippen molar-refractivity contribution in [2.75, 3.05) is 0 Å². The lowest BCUT2D eigenvalue weighted by molar-refractivity contribution is -0.138. The van der Waals surface area contributed by atoms with Gasteiger partial charge in [-0.2, -0.15) is 0 Å². The van der Waals surface area contributed by atoms with E-state index in [1.807, 2.05) is 0 Å². The molecular weight excluding hydrogens is 472 g/mol. The van der Waals surface area contributed by atoms with E-state index < -0.39 is 33.0 Å². The molecule has 0 aliphatic heterocycles. The van der Waals surface area contributed by atoms with Crippen LogP contribution in [0.15, 0.2) is 38.5 Å². The molecule has 1 fully saturated rings. The molecule has 11 heteroatoms. The van der Waals surface area contributed by atoms with E-state index >= 15 is 0 Å². The van der Waals surface area contributed by atoms with Gasteiger partial charge in [0, 0.05) is 17.0 Å². The molecule has 0 radical (unpaired) electrons. The lowest BCUT2D eigenvalue weighted by Crippen LogP contribution is -2.17. The average molecular weight is 493 g/mol. The highest BCUT2D eigenvalue weighted by Crippen LogP contribution is 2.49. The van der Waals surface area contributed by atoms with Crippen molar-refractivity contribution in [2.24, 2.45) is 11.1 Å². The van der Waals surface area contributed by atoms with Crippen molar-refractivity contribution in [1.82, 2.24) is 4.98 Å². The zero-order chi connectivity index (χ0) is 24.2. The summed E-state index contributed by atoms with van der Waals surface area (Å²) in [5.41, 5.74) is 1.64. The largest absolute Gasteiger partial charge is 0.483 e. The number of primary sulfonamides is 1. The number of nitrogens with two attached hydrogens (primary N) is 1. The maximum absolute atomic E-state index is 13.1. The van der Waals surface area contributed by atoms with E-state index in [1.54, 1.807) is 32.9 Å². The van der Waals surface area contributed by atoms with E-state index in [1.165, 1.54) is 12.1 Å². The van der Waals surface area contributed by atoms with Crippen LogP contribution in [-0.4, -0.2) is 24.5 Å². The van der Waals surface area contributed by atoms with Crippen LogP contribution >= 0.6 is 11.6 Å². The van der Waals surface area contributed by atoms with Crippen molar-refractivity contribution in [1.29, 1.82) is 0 Å². The van der Waals surface area contributed by atoms with Crippen LogP contribution in [0, 0.1) is 19.8 Å². The monoisotopic (exact) mass is 492 g/mol. The van der Waals surface area contributed by atoms with Crippen molar-refractivity contribution in [3.8, 4) is 5.75 Å². The molecule has 4 rings (SSSR count). The van der Waals surface area contributed by atoms with Gasteiger partial charge >= 0.3 is 5.97 Å². The highest BCUT2D eigenvalue weighted by Gasteiger charge is 2.47. The van der Waals surface area contributed by atoms with E-state index in [9.17, 15) is 23.1 Å². The second-order valence-electron chi connectivity index (χ2n) is 8.18. The third-order valence-electron chi connectivity index (χ3n) is 5.68. The van der Waals surface area contributed by atoms with Crippen molar-refractivity contribution in [2.45, 2.75) is 44.2 Å². The van der Waals surface area contributed by atoms with Gasteiger partial charge in [-0.15, -0.1) is 0 Å². The number of hydrogen-bond acceptors (Lipinski definition) is 7. The molecule has 2 unspecified atom stereocenters. The fourth-order valence-electron chi connectivity index (χ4n) is 3.95. The molecule has 3 N–H and O–H groups in total. The first-order valence-electron chi connectivity index (χ1n) is 10.0. The number of halogens is 1. The summed E-state index contributed by atoms with van der Waals surface area (Å²) in [6.45, 7) is 5.09. The number of nitrogens with zero attached hydrogens (tertiary/aromatic N) is 1. The molecule has 0 amide bonds. The van der Waals surface area contributed by atoms with Crippen LogP contribution in [0.5, 0.6) is 5.75 Å². The molecule has 33 heavy (non-hydrogen) atoms. The normalized spacial score (nSPS) is 18.8. The summed E-state index contributed by atoms with van der Waals surface area (Å²) in [5.74, 6) is -1.67. The molecule has 0 saturated heterocycles. The molecule has 0 bridgehead atoms. The van der Waals surface area contributed by atoms with Crippen LogP contribution in [0.25, 0.3) is 11.0 Å². The number of hydrogen-bond donors (Lipinski definition) is 2. The molecular formula is C22H21ClN2O7S. The van der Waals surface area contributed by atoms with Crippen molar-refractivity contribution < 1.29 is 27.5 Å². The summed E-state index contributed by atoms with van der Waals surface area (Å²) in [5, 5.41) is 14.3. The van der Waals surface area contributed by atoms with Crippen LogP contribution in [0.4, 0.5) is 0 Å². The molecule has 1 aliphatic rings.